The second-order valence-electron chi connectivity index (χ2n) is 12.0. The summed E-state index contributed by atoms with van der Waals surface area (Å²) in [5.74, 6) is 0. The van der Waals surface area contributed by atoms with E-state index < -0.39 is 0 Å². The van der Waals surface area contributed by atoms with Crippen molar-refractivity contribution in [2.24, 2.45) is 0 Å². The SMILES string of the molecule is O=Cc1ccc(-c2c3ccccc3cc3c2ccc2c(-c4c5ccccc5c(-c5ccccc5)c5ccccc45)cccc23)cc1. The normalized spacial score (nSPS) is 11.6. The van der Waals surface area contributed by atoms with Crippen molar-refractivity contribution in [3.63, 3.8) is 0 Å². The van der Waals surface area contributed by atoms with Crippen LogP contribution in [0.1, 0.15) is 10.4 Å². The maximum absolute atomic E-state index is 11.4. The molecule has 9 rings (SSSR count). The Morgan fingerprint density at radius 1 is 0.326 bits per heavy atom. The summed E-state index contributed by atoms with van der Waals surface area (Å²) in [6.45, 7) is 0. The Morgan fingerprint density at radius 2 is 0.826 bits per heavy atom. The molecule has 0 heterocycles. The molecule has 46 heavy (non-hydrogen) atoms. The van der Waals surface area contributed by atoms with E-state index in [4.69, 9.17) is 0 Å². The van der Waals surface area contributed by atoms with Crippen LogP contribution in [0.25, 0.3) is 87.2 Å². The minimum absolute atomic E-state index is 0.682. The van der Waals surface area contributed by atoms with Crippen molar-refractivity contribution in [1.29, 1.82) is 0 Å². The fourth-order valence-electron chi connectivity index (χ4n) is 7.50. The summed E-state index contributed by atoms with van der Waals surface area (Å²) in [4.78, 5) is 11.4. The molecule has 1 heteroatoms. The summed E-state index contributed by atoms with van der Waals surface area (Å²) in [6, 6.07) is 58.7. The molecule has 0 atom stereocenters. The fourth-order valence-corrected chi connectivity index (χ4v) is 7.50. The number of fused-ring (bicyclic) bond motifs is 6. The van der Waals surface area contributed by atoms with Gasteiger partial charge in [0.2, 0.25) is 0 Å². The van der Waals surface area contributed by atoms with Crippen LogP contribution in [-0.4, -0.2) is 6.29 Å². The van der Waals surface area contributed by atoms with Crippen LogP contribution < -0.4 is 0 Å². The highest BCUT2D eigenvalue weighted by atomic mass is 16.1. The molecule has 0 saturated carbocycles. The van der Waals surface area contributed by atoms with E-state index in [-0.39, 0.29) is 0 Å². The predicted octanol–water partition coefficient (Wildman–Crippen LogP) is 12.3. The van der Waals surface area contributed by atoms with Gasteiger partial charge in [-0.05, 0) is 93.3 Å². The number of carbonyl (C=O) groups is 1. The first kappa shape index (κ1) is 26.4. The van der Waals surface area contributed by atoms with Crippen molar-refractivity contribution in [3.05, 3.63) is 169 Å². The van der Waals surface area contributed by atoms with Gasteiger partial charge in [0.25, 0.3) is 0 Å². The zero-order valence-corrected chi connectivity index (χ0v) is 25.1. The molecule has 0 N–H and O–H groups in total. The second kappa shape index (κ2) is 10.5. The molecule has 0 radical (unpaired) electrons. The van der Waals surface area contributed by atoms with Crippen LogP contribution in [0.4, 0.5) is 0 Å². The zero-order chi connectivity index (χ0) is 30.6. The Hall–Kier alpha value is -6.05. The Kier molecular flexibility index (Phi) is 6.04. The maximum Gasteiger partial charge on any atom is 0.150 e. The summed E-state index contributed by atoms with van der Waals surface area (Å²) in [6.07, 6.45) is 0.903. The predicted molar refractivity (Wildman–Crippen MR) is 196 cm³/mol. The molecule has 0 aliphatic rings. The molecule has 9 aromatic carbocycles. The molecule has 0 aliphatic carbocycles. The Bertz CT molecular complexity index is 2570. The molecule has 0 saturated heterocycles. The molecule has 0 aliphatic heterocycles. The minimum atomic E-state index is 0.682. The molecular weight excluding hydrogens is 556 g/mol. The lowest BCUT2D eigenvalue weighted by Crippen LogP contribution is -1.92. The summed E-state index contributed by atoms with van der Waals surface area (Å²) < 4.78 is 0. The number of rotatable bonds is 4. The van der Waals surface area contributed by atoms with Crippen LogP contribution in [0.2, 0.25) is 0 Å². The van der Waals surface area contributed by atoms with Crippen LogP contribution in [0.3, 0.4) is 0 Å². The third-order valence-electron chi connectivity index (χ3n) is 9.50. The first-order chi connectivity index (χ1) is 22.8. The summed E-state index contributed by atoms with van der Waals surface area (Å²) in [5.41, 5.74) is 7.99. The highest BCUT2D eigenvalue weighted by Crippen LogP contribution is 2.47. The molecule has 0 unspecified atom stereocenters. The lowest BCUT2D eigenvalue weighted by Gasteiger charge is -2.19. The second-order valence-corrected chi connectivity index (χ2v) is 12.0. The van der Waals surface area contributed by atoms with Gasteiger partial charge in [0.1, 0.15) is 6.29 Å². The molecule has 0 spiro atoms. The fraction of sp³-hybridized carbons (Fsp3) is 0. The maximum atomic E-state index is 11.4. The van der Waals surface area contributed by atoms with Crippen molar-refractivity contribution in [3.8, 4) is 33.4 Å². The first-order valence-corrected chi connectivity index (χ1v) is 15.7. The average molecular weight is 585 g/mol. The van der Waals surface area contributed by atoms with Crippen molar-refractivity contribution >= 4 is 60.1 Å². The van der Waals surface area contributed by atoms with Crippen molar-refractivity contribution in [2.45, 2.75) is 0 Å². The van der Waals surface area contributed by atoms with E-state index in [0.717, 1.165) is 11.8 Å². The van der Waals surface area contributed by atoms with Crippen LogP contribution in [0.15, 0.2) is 164 Å². The average Bonchev–Trinajstić information content (AvgIpc) is 3.13. The monoisotopic (exact) mass is 584 g/mol. The van der Waals surface area contributed by atoms with Gasteiger partial charge >= 0.3 is 0 Å². The molecule has 0 bridgehead atoms. The standard InChI is InChI=1S/C45H28O/c46-28-29-21-23-31(24-22-29)43-33-14-5-4-13-32(33)27-42-34-19-10-20-36(35(34)25-26-41(42)43)45-39-17-8-6-15-37(39)44(30-11-2-1-3-12-30)38-16-7-9-18-40(38)45/h1-28H. The molecule has 0 fully saturated rings. The molecule has 9 aromatic rings. The van der Waals surface area contributed by atoms with Gasteiger partial charge in [-0.2, -0.15) is 0 Å². The largest absolute Gasteiger partial charge is 0.298 e. The molecular formula is C45H28O. The van der Waals surface area contributed by atoms with E-state index in [1.807, 2.05) is 12.1 Å². The molecule has 214 valence electrons. The minimum Gasteiger partial charge on any atom is -0.298 e. The number of hydrogen-bond acceptors (Lipinski definition) is 1. The van der Waals surface area contributed by atoms with E-state index in [2.05, 4.69) is 152 Å². The zero-order valence-electron chi connectivity index (χ0n) is 25.1. The Balaban J connectivity index is 1.39. The van der Waals surface area contributed by atoms with Gasteiger partial charge in [0.15, 0.2) is 0 Å². The van der Waals surface area contributed by atoms with E-state index in [0.29, 0.717) is 5.56 Å². The third-order valence-corrected chi connectivity index (χ3v) is 9.50. The molecule has 0 aromatic heterocycles. The van der Waals surface area contributed by atoms with E-state index in [9.17, 15) is 4.79 Å². The number of aldehydes is 1. The smallest absolute Gasteiger partial charge is 0.150 e. The van der Waals surface area contributed by atoms with Crippen LogP contribution in [0, 0.1) is 0 Å². The van der Waals surface area contributed by atoms with Crippen LogP contribution in [-0.2, 0) is 0 Å². The van der Waals surface area contributed by atoms with Gasteiger partial charge in [-0.3, -0.25) is 4.79 Å². The summed E-state index contributed by atoms with van der Waals surface area (Å²) in [5, 5.41) is 12.3. The van der Waals surface area contributed by atoms with Gasteiger partial charge in [-0.15, -0.1) is 0 Å². The lowest BCUT2D eigenvalue weighted by atomic mass is 9.83. The highest BCUT2D eigenvalue weighted by Gasteiger charge is 2.19. The van der Waals surface area contributed by atoms with Gasteiger partial charge in [0.05, 0.1) is 0 Å². The van der Waals surface area contributed by atoms with E-state index >= 15 is 0 Å². The first-order valence-electron chi connectivity index (χ1n) is 15.7. The number of benzene rings is 9. The van der Waals surface area contributed by atoms with Crippen LogP contribution >= 0.6 is 0 Å². The topological polar surface area (TPSA) is 17.1 Å². The van der Waals surface area contributed by atoms with E-state index in [1.54, 1.807) is 0 Å². The summed E-state index contributed by atoms with van der Waals surface area (Å²) in [7, 11) is 0. The molecule has 1 nitrogen and oxygen atoms in total. The van der Waals surface area contributed by atoms with Gasteiger partial charge in [-0.1, -0.05) is 158 Å². The highest BCUT2D eigenvalue weighted by molar-refractivity contribution is 6.26. The summed E-state index contributed by atoms with van der Waals surface area (Å²) >= 11 is 0. The Morgan fingerprint density at radius 3 is 1.50 bits per heavy atom. The Labute approximate surface area is 267 Å². The quantitative estimate of drug-likeness (QED) is 0.114. The molecule has 0 amide bonds. The third kappa shape index (κ3) is 3.99. The lowest BCUT2D eigenvalue weighted by molar-refractivity contribution is 0.112. The van der Waals surface area contributed by atoms with E-state index in [1.165, 1.54) is 81.7 Å². The number of carbonyl (C=O) groups excluding carboxylic acids is 1. The number of hydrogen-bond donors (Lipinski definition) is 0. The van der Waals surface area contributed by atoms with Gasteiger partial charge in [0, 0.05) is 5.56 Å². The van der Waals surface area contributed by atoms with Crippen molar-refractivity contribution in [2.75, 3.05) is 0 Å². The van der Waals surface area contributed by atoms with Gasteiger partial charge < -0.3 is 0 Å². The van der Waals surface area contributed by atoms with Crippen molar-refractivity contribution in [1.82, 2.24) is 0 Å². The van der Waals surface area contributed by atoms with Gasteiger partial charge in [-0.25, -0.2) is 0 Å². The van der Waals surface area contributed by atoms with Crippen LogP contribution in [0.5, 0.6) is 0 Å². The van der Waals surface area contributed by atoms with Crippen molar-refractivity contribution < 1.29 is 4.79 Å².